The molecule has 1 N–H and O–H groups in total. The first kappa shape index (κ1) is 24.1. The van der Waals surface area contributed by atoms with E-state index in [1.807, 2.05) is 31.2 Å². The van der Waals surface area contributed by atoms with Crippen molar-refractivity contribution in [3.8, 4) is 0 Å². The number of thiophene rings is 1. The second-order valence-corrected chi connectivity index (χ2v) is 10.2. The highest BCUT2D eigenvalue weighted by atomic mass is 32.1. The Morgan fingerprint density at radius 3 is 2.75 bits per heavy atom. The Labute approximate surface area is 213 Å². The first-order chi connectivity index (χ1) is 17.5. The molecule has 0 saturated heterocycles. The second kappa shape index (κ2) is 10.6. The standard InChI is InChI=1S/C27H30N6O2S/c1-4-7-24(26-29-30-31-33(26)16-21-8-5-12-35-21)32(17-22-9-6-13-36-22)15-20-14-23-18(2)10-11-19(3)25(23)28-27(20)34/h5-6,8-14,24H,4,7,15-17H2,1-3H3,(H,28,34)/t24-/m1/s1. The predicted octanol–water partition coefficient (Wildman–Crippen LogP) is 5.38. The molecule has 36 heavy (non-hydrogen) atoms. The Balaban J connectivity index is 1.55. The lowest BCUT2D eigenvalue weighted by Crippen LogP contribution is -2.32. The third-order valence-electron chi connectivity index (χ3n) is 6.58. The number of nitrogens with one attached hydrogen (secondary N) is 1. The fourth-order valence-electron chi connectivity index (χ4n) is 4.69. The van der Waals surface area contributed by atoms with Gasteiger partial charge in [-0.2, -0.15) is 0 Å². The minimum Gasteiger partial charge on any atom is -0.467 e. The molecule has 5 rings (SSSR count). The molecule has 0 saturated carbocycles. The van der Waals surface area contributed by atoms with E-state index in [9.17, 15) is 4.79 Å². The Morgan fingerprint density at radius 2 is 2.00 bits per heavy atom. The number of benzene rings is 1. The molecule has 0 radical (unpaired) electrons. The highest BCUT2D eigenvalue weighted by Crippen LogP contribution is 2.29. The Kier molecular flexibility index (Phi) is 7.11. The van der Waals surface area contributed by atoms with Gasteiger partial charge in [0, 0.05) is 28.9 Å². The molecule has 4 heterocycles. The number of furan rings is 1. The highest BCUT2D eigenvalue weighted by molar-refractivity contribution is 7.09. The van der Waals surface area contributed by atoms with E-state index in [4.69, 9.17) is 4.42 Å². The van der Waals surface area contributed by atoms with Crippen molar-refractivity contribution in [3.63, 3.8) is 0 Å². The molecule has 0 fully saturated rings. The van der Waals surface area contributed by atoms with E-state index >= 15 is 0 Å². The van der Waals surface area contributed by atoms with Crippen LogP contribution in [0.2, 0.25) is 0 Å². The van der Waals surface area contributed by atoms with Gasteiger partial charge in [-0.25, -0.2) is 4.68 Å². The number of rotatable bonds is 10. The molecule has 8 nitrogen and oxygen atoms in total. The number of hydrogen-bond donors (Lipinski definition) is 1. The largest absolute Gasteiger partial charge is 0.467 e. The van der Waals surface area contributed by atoms with E-state index in [0.29, 0.717) is 19.6 Å². The van der Waals surface area contributed by atoms with Crippen molar-refractivity contribution in [2.45, 2.75) is 59.3 Å². The van der Waals surface area contributed by atoms with Crippen LogP contribution in [0.15, 0.2) is 63.3 Å². The molecule has 0 aliphatic rings. The molecule has 1 atom stereocenters. The number of hydrogen-bond acceptors (Lipinski definition) is 7. The smallest absolute Gasteiger partial charge is 0.252 e. The summed E-state index contributed by atoms with van der Waals surface area (Å²) in [5.41, 5.74) is 3.79. The lowest BCUT2D eigenvalue weighted by atomic mass is 10.0. The molecular weight excluding hydrogens is 472 g/mol. The Hall–Kier alpha value is -3.56. The van der Waals surface area contributed by atoms with Crippen molar-refractivity contribution in [2.75, 3.05) is 0 Å². The van der Waals surface area contributed by atoms with Gasteiger partial charge < -0.3 is 9.40 Å². The number of H-pyrrole nitrogens is 1. The summed E-state index contributed by atoms with van der Waals surface area (Å²) in [7, 11) is 0. The minimum absolute atomic E-state index is 0.0576. The van der Waals surface area contributed by atoms with Crippen molar-refractivity contribution >= 4 is 22.2 Å². The fraction of sp³-hybridized carbons (Fsp3) is 0.333. The molecule has 0 amide bonds. The van der Waals surface area contributed by atoms with E-state index in [1.165, 1.54) is 4.88 Å². The second-order valence-electron chi connectivity index (χ2n) is 9.17. The molecule has 4 aromatic heterocycles. The van der Waals surface area contributed by atoms with Gasteiger partial charge in [-0.15, -0.1) is 16.4 Å². The number of aryl methyl sites for hydroxylation is 2. The van der Waals surface area contributed by atoms with Gasteiger partial charge in [-0.3, -0.25) is 9.69 Å². The van der Waals surface area contributed by atoms with Crippen LogP contribution in [0.3, 0.4) is 0 Å². The van der Waals surface area contributed by atoms with Gasteiger partial charge >= 0.3 is 0 Å². The van der Waals surface area contributed by atoms with Gasteiger partial charge in [-0.1, -0.05) is 31.5 Å². The monoisotopic (exact) mass is 502 g/mol. The minimum atomic E-state index is -0.0734. The number of aromatic nitrogens is 5. The fourth-order valence-corrected chi connectivity index (χ4v) is 5.42. The van der Waals surface area contributed by atoms with Crippen molar-refractivity contribution in [1.29, 1.82) is 0 Å². The zero-order valence-corrected chi connectivity index (χ0v) is 21.6. The summed E-state index contributed by atoms with van der Waals surface area (Å²) in [6, 6.07) is 14.1. The third-order valence-corrected chi connectivity index (χ3v) is 7.44. The molecule has 5 aromatic rings. The van der Waals surface area contributed by atoms with Crippen LogP contribution in [-0.2, 0) is 19.6 Å². The van der Waals surface area contributed by atoms with Gasteiger partial charge in [-0.05, 0) is 71.5 Å². The zero-order valence-electron chi connectivity index (χ0n) is 20.8. The summed E-state index contributed by atoms with van der Waals surface area (Å²) in [4.78, 5) is 19.9. The first-order valence-electron chi connectivity index (χ1n) is 12.2. The van der Waals surface area contributed by atoms with Gasteiger partial charge in [0.2, 0.25) is 0 Å². The summed E-state index contributed by atoms with van der Waals surface area (Å²) in [5.74, 6) is 1.56. The van der Waals surface area contributed by atoms with Crippen LogP contribution < -0.4 is 5.56 Å². The van der Waals surface area contributed by atoms with Crippen molar-refractivity contribution in [3.05, 3.63) is 97.6 Å². The normalized spacial score (nSPS) is 12.6. The molecule has 0 spiro atoms. The molecule has 9 heteroatoms. The average molecular weight is 503 g/mol. The lowest BCUT2D eigenvalue weighted by molar-refractivity contribution is 0.157. The number of pyridine rings is 1. The van der Waals surface area contributed by atoms with Crippen LogP contribution in [0.4, 0.5) is 0 Å². The van der Waals surface area contributed by atoms with Gasteiger partial charge in [0.15, 0.2) is 5.82 Å². The third kappa shape index (κ3) is 5.03. The summed E-state index contributed by atoms with van der Waals surface area (Å²) < 4.78 is 7.35. The predicted molar refractivity (Wildman–Crippen MR) is 141 cm³/mol. The molecule has 1 aromatic carbocycles. The topological polar surface area (TPSA) is 92.8 Å². The van der Waals surface area contributed by atoms with Crippen molar-refractivity contribution < 1.29 is 4.42 Å². The summed E-state index contributed by atoms with van der Waals surface area (Å²) in [5, 5.41) is 15.9. The maximum atomic E-state index is 13.2. The molecule has 0 unspecified atom stereocenters. The van der Waals surface area contributed by atoms with Crippen LogP contribution in [0.5, 0.6) is 0 Å². The highest BCUT2D eigenvalue weighted by Gasteiger charge is 2.27. The SMILES string of the molecule is CCC[C@H](c1nnnn1Cc1ccco1)N(Cc1cccs1)Cc1cc2c(C)ccc(C)c2[nH]c1=O. The molecule has 186 valence electrons. The average Bonchev–Trinajstić information content (AvgIpc) is 3.65. The summed E-state index contributed by atoms with van der Waals surface area (Å²) in [6.45, 7) is 7.89. The number of nitrogens with zero attached hydrogens (tertiary/aromatic N) is 5. The number of fused-ring (bicyclic) bond motifs is 1. The lowest BCUT2D eigenvalue weighted by Gasteiger charge is -2.30. The van der Waals surface area contributed by atoms with Gasteiger partial charge in [0.05, 0.1) is 17.8 Å². The van der Waals surface area contributed by atoms with Crippen LogP contribution >= 0.6 is 11.3 Å². The van der Waals surface area contributed by atoms with E-state index in [0.717, 1.165) is 52.0 Å². The van der Waals surface area contributed by atoms with Gasteiger partial charge in [0.25, 0.3) is 5.56 Å². The van der Waals surface area contributed by atoms with Crippen molar-refractivity contribution in [1.82, 2.24) is 30.1 Å². The zero-order chi connectivity index (χ0) is 25.1. The summed E-state index contributed by atoms with van der Waals surface area (Å²) >= 11 is 1.71. The van der Waals surface area contributed by atoms with E-state index in [-0.39, 0.29) is 11.6 Å². The Morgan fingerprint density at radius 1 is 1.14 bits per heavy atom. The van der Waals surface area contributed by atoms with Crippen LogP contribution in [-0.4, -0.2) is 30.1 Å². The molecular formula is C27H30N6O2S. The van der Waals surface area contributed by atoms with Crippen LogP contribution in [0.1, 0.15) is 59.0 Å². The maximum Gasteiger partial charge on any atom is 0.252 e. The van der Waals surface area contributed by atoms with E-state index in [2.05, 4.69) is 62.8 Å². The number of aromatic amines is 1. The first-order valence-corrected chi connectivity index (χ1v) is 13.1. The molecule has 0 bridgehead atoms. The van der Waals surface area contributed by atoms with Crippen molar-refractivity contribution in [2.24, 2.45) is 0 Å². The molecule has 0 aliphatic carbocycles. The van der Waals surface area contributed by atoms with Crippen LogP contribution in [0, 0.1) is 13.8 Å². The molecule has 0 aliphatic heterocycles. The van der Waals surface area contributed by atoms with E-state index < -0.39 is 0 Å². The number of tetrazole rings is 1. The summed E-state index contributed by atoms with van der Waals surface area (Å²) in [6.07, 6.45) is 3.46. The van der Waals surface area contributed by atoms with Gasteiger partial charge in [0.1, 0.15) is 12.3 Å². The van der Waals surface area contributed by atoms with Crippen LogP contribution in [0.25, 0.3) is 10.9 Å². The quantitative estimate of drug-likeness (QED) is 0.276. The van der Waals surface area contributed by atoms with E-state index in [1.54, 1.807) is 22.3 Å². The Bertz CT molecular complexity index is 1490. The maximum absolute atomic E-state index is 13.2.